The molecule has 5 fully saturated rings. The molecule has 0 aliphatic heterocycles. The normalized spacial score (nSPS) is 46.5. The lowest BCUT2D eigenvalue weighted by Crippen LogP contribution is -2.51. The quantitative estimate of drug-likeness (QED) is 0.374. The van der Waals surface area contributed by atoms with Crippen molar-refractivity contribution in [2.24, 2.45) is 35.4 Å². The van der Waals surface area contributed by atoms with Crippen LogP contribution in [-0.4, -0.2) is 30.0 Å². The Balaban J connectivity index is 1.22. The molecule has 2 N–H and O–H groups in total. The predicted molar refractivity (Wildman–Crippen MR) is 76.9 cm³/mol. The Morgan fingerprint density at radius 1 is 1.14 bits per heavy atom. The van der Waals surface area contributed by atoms with E-state index < -0.39 is 6.09 Å². The summed E-state index contributed by atoms with van der Waals surface area (Å²) in [6, 6.07) is 0.144. The van der Waals surface area contributed by atoms with Crippen LogP contribution in [0.1, 0.15) is 45.4 Å². The molecule has 1 amide bonds. The van der Waals surface area contributed by atoms with Gasteiger partial charge in [-0.1, -0.05) is 6.92 Å². The van der Waals surface area contributed by atoms with Gasteiger partial charge >= 0.3 is 6.09 Å². The highest BCUT2D eigenvalue weighted by Crippen LogP contribution is 2.58. The SMILES string of the molecule is CC1CC(N(N)C(=O)OCOC2C3CC4CC(C3)C2C4)C1. The molecule has 118 valence electrons. The summed E-state index contributed by atoms with van der Waals surface area (Å²) in [4.78, 5) is 11.9. The van der Waals surface area contributed by atoms with Crippen LogP contribution in [0.5, 0.6) is 0 Å². The molecule has 4 bridgehead atoms. The second kappa shape index (κ2) is 5.13. The number of hydrazine groups is 1. The minimum Gasteiger partial charge on any atom is -0.421 e. The van der Waals surface area contributed by atoms with Gasteiger partial charge in [0.2, 0.25) is 0 Å². The van der Waals surface area contributed by atoms with Gasteiger partial charge in [-0.05, 0) is 68.1 Å². The third-order valence-electron chi connectivity index (χ3n) is 6.37. The minimum atomic E-state index is -0.445. The maximum absolute atomic E-state index is 11.9. The van der Waals surface area contributed by atoms with E-state index in [1.54, 1.807) is 0 Å². The smallest absolute Gasteiger partial charge is 0.421 e. The number of carbonyl (C=O) groups is 1. The summed E-state index contributed by atoms with van der Waals surface area (Å²) in [7, 11) is 0. The Hall–Kier alpha value is -0.810. The molecule has 5 atom stereocenters. The van der Waals surface area contributed by atoms with Crippen LogP contribution in [0.2, 0.25) is 0 Å². The van der Waals surface area contributed by atoms with Gasteiger partial charge in [0.15, 0.2) is 6.79 Å². The third kappa shape index (κ3) is 2.34. The number of nitrogens with zero attached hydrogens (tertiary/aromatic N) is 1. The highest BCUT2D eigenvalue weighted by Gasteiger charge is 2.54. The molecular weight excluding hydrogens is 268 g/mol. The number of hydrogen-bond acceptors (Lipinski definition) is 4. The van der Waals surface area contributed by atoms with Crippen molar-refractivity contribution in [2.75, 3.05) is 6.79 Å². The minimum absolute atomic E-state index is 0.0594. The summed E-state index contributed by atoms with van der Waals surface area (Å²) in [6.45, 7) is 2.23. The zero-order valence-corrected chi connectivity index (χ0v) is 12.7. The molecule has 5 unspecified atom stereocenters. The van der Waals surface area contributed by atoms with E-state index >= 15 is 0 Å². The number of ether oxygens (including phenoxy) is 2. The van der Waals surface area contributed by atoms with Crippen molar-refractivity contribution in [3.05, 3.63) is 0 Å². The number of rotatable bonds is 4. The number of amides is 1. The van der Waals surface area contributed by atoms with Crippen molar-refractivity contribution < 1.29 is 14.3 Å². The van der Waals surface area contributed by atoms with Gasteiger partial charge in [-0.3, -0.25) is 0 Å². The van der Waals surface area contributed by atoms with Crippen molar-refractivity contribution in [3.8, 4) is 0 Å². The lowest BCUT2D eigenvalue weighted by atomic mass is 9.80. The Labute approximate surface area is 126 Å². The van der Waals surface area contributed by atoms with Gasteiger partial charge in [0, 0.05) is 0 Å². The maximum Gasteiger partial charge on any atom is 0.426 e. The molecule has 5 aliphatic carbocycles. The second-order valence-electron chi connectivity index (χ2n) is 7.79. The average Bonchev–Trinajstić information content (AvgIpc) is 2.84. The lowest BCUT2D eigenvalue weighted by Gasteiger charge is -2.38. The van der Waals surface area contributed by atoms with Crippen molar-refractivity contribution in [3.63, 3.8) is 0 Å². The fourth-order valence-electron chi connectivity index (χ4n) is 5.41. The zero-order chi connectivity index (χ0) is 14.6. The van der Waals surface area contributed by atoms with Crippen molar-refractivity contribution in [2.45, 2.75) is 57.6 Å². The number of hydrogen-bond donors (Lipinski definition) is 1. The Bertz CT molecular complexity index is 420. The fraction of sp³-hybridized carbons (Fsp3) is 0.938. The van der Waals surface area contributed by atoms with Gasteiger partial charge in [-0.15, -0.1) is 0 Å². The molecule has 0 saturated heterocycles. The van der Waals surface area contributed by atoms with E-state index in [0.717, 1.165) is 24.7 Å². The van der Waals surface area contributed by atoms with Crippen molar-refractivity contribution in [1.29, 1.82) is 0 Å². The van der Waals surface area contributed by atoms with E-state index in [0.29, 0.717) is 23.9 Å². The topological polar surface area (TPSA) is 64.8 Å². The van der Waals surface area contributed by atoms with Gasteiger partial charge < -0.3 is 9.47 Å². The first-order chi connectivity index (χ1) is 10.1. The molecule has 0 radical (unpaired) electrons. The molecule has 0 heterocycles. The standard InChI is InChI=1S/C16H26N2O3/c1-9-2-13(3-9)18(17)16(19)21-8-20-15-12-5-10-4-11(7-12)14(15)6-10/h9-15H,2-8,17H2,1H3. The zero-order valence-electron chi connectivity index (χ0n) is 12.7. The molecule has 0 aromatic rings. The third-order valence-corrected chi connectivity index (χ3v) is 6.37. The molecule has 21 heavy (non-hydrogen) atoms. The maximum atomic E-state index is 11.9. The highest BCUT2D eigenvalue weighted by molar-refractivity contribution is 5.67. The van der Waals surface area contributed by atoms with Crippen molar-refractivity contribution >= 4 is 6.09 Å². The second-order valence-corrected chi connectivity index (χ2v) is 7.79. The molecular formula is C16H26N2O3. The molecule has 5 rings (SSSR count). The largest absolute Gasteiger partial charge is 0.426 e. The number of carbonyl (C=O) groups excluding carboxylic acids is 1. The lowest BCUT2D eigenvalue weighted by molar-refractivity contribution is -0.105. The van der Waals surface area contributed by atoms with Crippen LogP contribution in [0.15, 0.2) is 0 Å². The van der Waals surface area contributed by atoms with Gasteiger partial charge in [0.1, 0.15) is 0 Å². The van der Waals surface area contributed by atoms with Crippen LogP contribution in [0.25, 0.3) is 0 Å². The van der Waals surface area contributed by atoms with Gasteiger partial charge in [0.25, 0.3) is 0 Å². The summed E-state index contributed by atoms with van der Waals surface area (Å²) < 4.78 is 11.1. The first-order valence-electron chi connectivity index (χ1n) is 8.44. The van der Waals surface area contributed by atoms with Crippen LogP contribution in [-0.2, 0) is 9.47 Å². The molecule has 5 heteroatoms. The first-order valence-corrected chi connectivity index (χ1v) is 8.44. The summed E-state index contributed by atoms with van der Waals surface area (Å²) in [5, 5.41) is 1.25. The van der Waals surface area contributed by atoms with E-state index in [1.807, 2.05) is 0 Å². The van der Waals surface area contributed by atoms with E-state index in [9.17, 15) is 4.79 Å². The predicted octanol–water partition coefficient (Wildman–Crippen LogP) is 2.51. The van der Waals surface area contributed by atoms with E-state index in [1.165, 1.54) is 30.7 Å². The summed E-state index contributed by atoms with van der Waals surface area (Å²) in [6.07, 6.45) is 7.18. The summed E-state index contributed by atoms with van der Waals surface area (Å²) in [5.41, 5.74) is 0. The highest BCUT2D eigenvalue weighted by atomic mass is 16.7. The molecule has 5 nitrogen and oxygen atoms in total. The summed E-state index contributed by atoms with van der Waals surface area (Å²) in [5.74, 6) is 9.70. The van der Waals surface area contributed by atoms with Crippen LogP contribution in [0.4, 0.5) is 4.79 Å². The first kappa shape index (κ1) is 13.8. The fourth-order valence-corrected chi connectivity index (χ4v) is 5.41. The van der Waals surface area contributed by atoms with E-state index in [-0.39, 0.29) is 12.8 Å². The molecule has 0 spiro atoms. The Kier molecular flexibility index (Phi) is 3.38. The molecule has 0 aromatic carbocycles. The molecule has 0 aromatic heterocycles. The van der Waals surface area contributed by atoms with Gasteiger partial charge in [0.05, 0.1) is 12.1 Å². The van der Waals surface area contributed by atoms with Crippen LogP contribution < -0.4 is 5.84 Å². The monoisotopic (exact) mass is 294 g/mol. The van der Waals surface area contributed by atoms with Gasteiger partial charge in [-0.25, -0.2) is 15.6 Å². The Morgan fingerprint density at radius 2 is 1.90 bits per heavy atom. The molecule has 5 aliphatic rings. The van der Waals surface area contributed by atoms with Crippen molar-refractivity contribution in [1.82, 2.24) is 5.01 Å². The summed E-state index contributed by atoms with van der Waals surface area (Å²) >= 11 is 0. The molecule has 5 saturated carbocycles. The number of nitrogens with two attached hydrogens (primary N) is 1. The van der Waals surface area contributed by atoms with Crippen LogP contribution >= 0.6 is 0 Å². The Morgan fingerprint density at radius 3 is 2.62 bits per heavy atom. The van der Waals surface area contributed by atoms with E-state index in [2.05, 4.69) is 6.92 Å². The van der Waals surface area contributed by atoms with Crippen LogP contribution in [0, 0.1) is 29.6 Å². The van der Waals surface area contributed by atoms with Crippen LogP contribution in [0.3, 0.4) is 0 Å². The average molecular weight is 294 g/mol. The van der Waals surface area contributed by atoms with Gasteiger partial charge in [-0.2, -0.15) is 0 Å². The van der Waals surface area contributed by atoms with E-state index in [4.69, 9.17) is 15.3 Å².